The molecule has 1 aromatic carbocycles. The van der Waals surface area contributed by atoms with Crippen LogP contribution >= 0.6 is 11.3 Å². The predicted octanol–water partition coefficient (Wildman–Crippen LogP) is 2.82. The number of rotatable bonds is 6. The van der Waals surface area contributed by atoms with Gasteiger partial charge >= 0.3 is 5.97 Å². The number of esters is 1. The largest absolute Gasteiger partial charge is 0.481 e. The van der Waals surface area contributed by atoms with Crippen LogP contribution in [-0.4, -0.2) is 30.2 Å². The third kappa shape index (κ3) is 3.08. The van der Waals surface area contributed by atoms with Gasteiger partial charge in [0.2, 0.25) is 5.91 Å². The Morgan fingerprint density at radius 1 is 1.33 bits per heavy atom. The number of ether oxygens (including phenoxy) is 2. The molecule has 0 bridgehead atoms. The van der Waals surface area contributed by atoms with E-state index < -0.39 is 5.97 Å². The first kappa shape index (κ1) is 17.6. The number of hydrogen-bond acceptors (Lipinski definition) is 5. The molecule has 27 heavy (non-hydrogen) atoms. The first-order valence-corrected chi connectivity index (χ1v) is 9.68. The lowest BCUT2D eigenvalue weighted by Crippen LogP contribution is -2.19. The van der Waals surface area contributed by atoms with Crippen molar-refractivity contribution in [3.63, 3.8) is 0 Å². The summed E-state index contributed by atoms with van der Waals surface area (Å²) < 4.78 is 12.6. The third-order valence-corrected chi connectivity index (χ3v) is 5.79. The Hall–Kier alpha value is -2.80. The van der Waals surface area contributed by atoms with Crippen molar-refractivity contribution in [3.8, 4) is 5.75 Å². The molecule has 140 valence electrons. The highest BCUT2D eigenvalue weighted by Crippen LogP contribution is 2.44. The molecular formula is C20H20N2O4S. The number of aromatic nitrogens is 1. The van der Waals surface area contributed by atoms with Crippen LogP contribution in [0.1, 0.15) is 29.2 Å². The molecule has 0 fully saturated rings. The SMILES string of the molecule is COC(=O)COc1cccc2c1c1c(n2Cc2ccsc2)CCC1C(N)=O. The number of nitrogens with zero attached hydrogens (tertiary/aromatic N) is 1. The minimum atomic E-state index is -0.451. The van der Waals surface area contributed by atoms with Gasteiger partial charge in [0.1, 0.15) is 5.75 Å². The maximum absolute atomic E-state index is 12.1. The highest BCUT2D eigenvalue weighted by Gasteiger charge is 2.34. The van der Waals surface area contributed by atoms with Crippen molar-refractivity contribution in [3.05, 3.63) is 51.8 Å². The van der Waals surface area contributed by atoms with Crippen LogP contribution in [0, 0.1) is 0 Å². The molecule has 0 spiro atoms. The molecule has 7 heteroatoms. The number of amides is 1. The summed E-state index contributed by atoms with van der Waals surface area (Å²) in [5.41, 5.74) is 9.94. The van der Waals surface area contributed by atoms with Crippen LogP contribution in [0.25, 0.3) is 10.9 Å². The first-order chi connectivity index (χ1) is 13.1. The molecule has 1 atom stereocenters. The molecule has 3 aromatic rings. The number of benzene rings is 1. The van der Waals surface area contributed by atoms with Gasteiger partial charge in [-0.05, 0) is 52.9 Å². The Morgan fingerprint density at radius 3 is 2.89 bits per heavy atom. The lowest BCUT2D eigenvalue weighted by atomic mass is 9.99. The summed E-state index contributed by atoms with van der Waals surface area (Å²) in [6.45, 7) is 0.544. The normalized spacial score (nSPS) is 15.7. The molecule has 2 aromatic heterocycles. The number of hydrogen-bond donors (Lipinski definition) is 1. The molecule has 1 aliphatic rings. The smallest absolute Gasteiger partial charge is 0.343 e. The van der Waals surface area contributed by atoms with Crippen molar-refractivity contribution in [2.45, 2.75) is 25.3 Å². The van der Waals surface area contributed by atoms with Crippen molar-refractivity contribution < 1.29 is 19.1 Å². The van der Waals surface area contributed by atoms with E-state index in [1.165, 1.54) is 12.7 Å². The zero-order valence-electron chi connectivity index (χ0n) is 14.9. The molecule has 1 aliphatic carbocycles. The van der Waals surface area contributed by atoms with E-state index in [4.69, 9.17) is 10.5 Å². The van der Waals surface area contributed by atoms with E-state index in [1.807, 2.05) is 18.2 Å². The van der Waals surface area contributed by atoms with Crippen LogP contribution in [0.5, 0.6) is 5.75 Å². The number of primary amides is 1. The lowest BCUT2D eigenvalue weighted by Gasteiger charge is -2.11. The number of methoxy groups -OCH3 is 1. The number of nitrogens with two attached hydrogens (primary N) is 1. The Balaban J connectivity index is 1.86. The summed E-state index contributed by atoms with van der Waals surface area (Å²) in [4.78, 5) is 23.6. The van der Waals surface area contributed by atoms with E-state index in [1.54, 1.807) is 11.3 Å². The van der Waals surface area contributed by atoms with E-state index >= 15 is 0 Å². The van der Waals surface area contributed by atoms with Crippen LogP contribution in [0.15, 0.2) is 35.0 Å². The van der Waals surface area contributed by atoms with Gasteiger partial charge in [0.05, 0.1) is 18.5 Å². The van der Waals surface area contributed by atoms with Crippen molar-refractivity contribution in [1.29, 1.82) is 0 Å². The molecule has 4 rings (SSSR count). The van der Waals surface area contributed by atoms with E-state index in [0.29, 0.717) is 12.2 Å². The Kier molecular flexibility index (Phi) is 4.61. The quantitative estimate of drug-likeness (QED) is 0.663. The minimum absolute atomic E-state index is 0.179. The minimum Gasteiger partial charge on any atom is -0.481 e. The fourth-order valence-corrected chi connectivity index (χ4v) is 4.53. The van der Waals surface area contributed by atoms with Crippen LogP contribution < -0.4 is 10.5 Å². The fourth-order valence-electron chi connectivity index (χ4n) is 3.87. The third-order valence-electron chi connectivity index (χ3n) is 5.06. The molecule has 1 unspecified atom stereocenters. The summed E-state index contributed by atoms with van der Waals surface area (Å²) in [5, 5.41) is 5.04. The zero-order chi connectivity index (χ0) is 19.0. The van der Waals surface area contributed by atoms with Crippen LogP contribution in [0.4, 0.5) is 0 Å². The monoisotopic (exact) mass is 384 g/mol. The van der Waals surface area contributed by atoms with Crippen LogP contribution in [0.3, 0.4) is 0 Å². The topological polar surface area (TPSA) is 83.6 Å². The van der Waals surface area contributed by atoms with Gasteiger partial charge < -0.3 is 19.8 Å². The van der Waals surface area contributed by atoms with Gasteiger partial charge in [-0.1, -0.05) is 6.07 Å². The summed E-state index contributed by atoms with van der Waals surface area (Å²) >= 11 is 1.66. The number of carbonyl (C=O) groups excluding carboxylic acids is 2. The van der Waals surface area contributed by atoms with Crippen LogP contribution in [0.2, 0.25) is 0 Å². The zero-order valence-corrected chi connectivity index (χ0v) is 15.8. The van der Waals surface area contributed by atoms with Gasteiger partial charge in [0, 0.05) is 17.6 Å². The highest BCUT2D eigenvalue weighted by atomic mass is 32.1. The summed E-state index contributed by atoms with van der Waals surface area (Å²) in [5.74, 6) is -0.542. The highest BCUT2D eigenvalue weighted by molar-refractivity contribution is 7.07. The second-order valence-electron chi connectivity index (χ2n) is 6.59. The molecule has 0 aliphatic heterocycles. The van der Waals surface area contributed by atoms with E-state index in [2.05, 4.69) is 26.1 Å². The van der Waals surface area contributed by atoms with Crippen molar-refractivity contribution in [2.24, 2.45) is 5.73 Å². The molecule has 0 saturated heterocycles. The van der Waals surface area contributed by atoms with Crippen LogP contribution in [-0.2, 0) is 27.3 Å². The maximum Gasteiger partial charge on any atom is 0.343 e. The van der Waals surface area contributed by atoms with Gasteiger partial charge in [0.25, 0.3) is 0 Å². The molecule has 0 radical (unpaired) electrons. The second kappa shape index (κ2) is 7.08. The lowest BCUT2D eigenvalue weighted by molar-refractivity contribution is -0.142. The maximum atomic E-state index is 12.1. The van der Waals surface area contributed by atoms with Crippen molar-refractivity contribution in [2.75, 3.05) is 13.7 Å². The molecule has 2 heterocycles. The van der Waals surface area contributed by atoms with Crippen molar-refractivity contribution in [1.82, 2.24) is 4.57 Å². The standard InChI is InChI=1S/C20H20N2O4S/c1-25-17(23)10-26-16-4-2-3-14-19(16)18-13(20(21)24)5-6-15(18)22(14)9-12-7-8-27-11-12/h2-4,7-8,11,13H,5-6,9-10H2,1H3,(H2,21,24). The molecule has 6 nitrogen and oxygen atoms in total. The molecular weight excluding hydrogens is 364 g/mol. The van der Waals surface area contributed by atoms with E-state index in [0.717, 1.165) is 35.1 Å². The van der Waals surface area contributed by atoms with Gasteiger partial charge in [-0.15, -0.1) is 0 Å². The number of thiophene rings is 1. The van der Waals surface area contributed by atoms with E-state index in [-0.39, 0.29) is 18.4 Å². The number of carbonyl (C=O) groups is 2. The number of fused-ring (bicyclic) bond motifs is 3. The molecule has 1 amide bonds. The van der Waals surface area contributed by atoms with E-state index in [9.17, 15) is 9.59 Å². The summed E-state index contributed by atoms with van der Waals surface area (Å²) in [6, 6.07) is 7.83. The molecule has 0 saturated carbocycles. The molecule has 2 N–H and O–H groups in total. The fraction of sp³-hybridized carbons (Fsp3) is 0.300. The summed E-state index contributed by atoms with van der Waals surface area (Å²) in [6.07, 6.45) is 1.49. The van der Waals surface area contributed by atoms with Gasteiger partial charge in [0.15, 0.2) is 6.61 Å². The Morgan fingerprint density at radius 2 is 2.19 bits per heavy atom. The summed E-state index contributed by atoms with van der Waals surface area (Å²) in [7, 11) is 1.32. The second-order valence-corrected chi connectivity index (χ2v) is 7.37. The van der Waals surface area contributed by atoms with Gasteiger partial charge in [-0.25, -0.2) is 4.79 Å². The Bertz CT molecular complexity index is 1010. The van der Waals surface area contributed by atoms with Gasteiger partial charge in [-0.2, -0.15) is 11.3 Å². The average Bonchev–Trinajstić information content (AvgIpc) is 3.38. The predicted molar refractivity (Wildman–Crippen MR) is 103 cm³/mol. The van der Waals surface area contributed by atoms with Gasteiger partial charge in [-0.3, -0.25) is 4.79 Å². The average molecular weight is 384 g/mol. The Labute approximate surface area is 160 Å². The first-order valence-electron chi connectivity index (χ1n) is 8.74. The van der Waals surface area contributed by atoms with Crippen molar-refractivity contribution >= 4 is 34.1 Å².